The van der Waals surface area contributed by atoms with Crippen LogP contribution in [0.3, 0.4) is 0 Å². The van der Waals surface area contributed by atoms with Gasteiger partial charge in [0.2, 0.25) is 5.89 Å². The van der Waals surface area contributed by atoms with Crippen molar-refractivity contribution in [1.82, 2.24) is 9.78 Å². The number of aliphatic hydroxyl groups excluding tert-OH is 1. The van der Waals surface area contributed by atoms with Gasteiger partial charge in [0.05, 0.1) is 6.54 Å². The highest BCUT2D eigenvalue weighted by Gasteiger charge is 2.24. The molecule has 0 aliphatic carbocycles. The molecule has 6 heteroatoms. The first-order valence-corrected chi connectivity index (χ1v) is 6.32. The molecule has 0 amide bonds. The summed E-state index contributed by atoms with van der Waals surface area (Å²) in [4.78, 5) is 11.5. The smallest absolute Gasteiger partial charge is 0.389 e. The number of hydrogen-bond donors (Lipinski definition) is 2. The van der Waals surface area contributed by atoms with E-state index >= 15 is 0 Å². The van der Waals surface area contributed by atoms with Crippen LogP contribution in [0.2, 0.25) is 0 Å². The Morgan fingerprint density at radius 2 is 1.94 bits per heavy atom. The molecule has 0 radical (unpaired) electrons. The van der Waals surface area contributed by atoms with Gasteiger partial charge in [0.1, 0.15) is 6.10 Å². The monoisotopic (exact) mass is 257 g/mol. The molecule has 0 aliphatic rings. The fourth-order valence-electron chi connectivity index (χ4n) is 1.76. The molecule has 0 spiro atoms. The minimum absolute atomic E-state index is 0.00815. The molecule has 0 aromatic carbocycles. The first-order valence-electron chi connectivity index (χ1n) is 6.32. The van der Waals surface area contributed by atoms with Crippen LogP contribution >= 0.6 is 0 Å². The van der Waals surface area contributed by atoms with Gasteiger partial charge in [-0.25, -0.2) is 4.79 Å². The number of hydrogen-bond acceptors (Lipinski definition) is 5. The highest BCUT2D eigenvalue weighted by molar-refractivity contribution is 4.89. The zero-order valence-electron chi connectivity index (χ0n) is 11.5. The summed E-state index contributed by atoms with van der Waals surface area (Å²) in [6.07, 6.45) is -0.393. The largest absolute Gasteiger partial charge is 0.437 e. The van der Waals surface area contributed by atoms with E-state index in [0.29, 0.717) is 18.9 Å². The normalized spacial score (nSPS) is 15.3. The molecule has 1 unspecified atom stereocenters. The lowest BCUT2D eigenvalue weighted by Gasteiger charge is -2.17. The zero-order valence-corrected chi connectivity index (χ0v) is 11.5. The lowest BCUT2D eigenvalue weighted by molar-refractivity contribution is 0.105. The number of nitrogens with two attached hydrogens (primary N) is 1. The van der Waals surface area contributed by atoms with Gasteiger partial charge in [0, 0.05) is 6.04 Å². The van der Waals surface area contributed by atoms with Gasteiger partial charge in [0.25, 0.3) is 0 Å². The van der Waals surface area contributed by atoms with E-state index in [0.717, 1.165) is 0 Å². The minimum Gasteiger partial charge on any atom is -0.389 e. The van der Waals surface area contributed by atoms with E-state index < -0.39 is 17.9 Å². The molecule has 1 heterocycles. The van der Waals surface area contributed by atoms with Crippen molar-refractivity contribution < 1.29 is 9.52 Å². The summed E-state index contributed by atoms with van der Waals surface area (Å²) in [6, 6.07) is -0.476. The van der Waals surface area contributed by atoms with E-state index in [1.54, 1.807) is 0 Å². The predicted molar refractivity (Wildman–Crippen MR) is 68.0 cm³/mol. The van der Waals surface area contributed by atoms with Gasteiger partial charge in [-0.2, -0.15) is 4.68 Å². The van der Waals surface area contributed by atoms with Gasteiger partial charge in [0.15, 0.2) is 0 Å². The summed E-state index contributed by atoms with van der Waals surface area (Å²) >= 11 is 0. The quantitative estimate of drug-likeness (QED) is 0.789. The second kappa shape index (κ2) is 6.15. The van der Waals surface area contributed by atoms with Crippen LogP contribution in [-0.4, -0.2) is 20.9 Å². The second-order valence-corrected chi connectivity index (χ2v) is 5.52. The molecule has 2 atom stereocenters. The maximum atomic E-state index is 11.5. The molecule has 1 aromatic heterocycles. The van der Waals surface area contributed by atoms with Crippen LogP contribution in [0.25, 0.3) is 0 Å². The Morgan fingerprint density at radius 3 is 2.44 bits per heavy atom. The minimum atomic E-state index is -1.03. The number of rotatable bonds is 6. The molecule has 0 aliphatic heterocycles. The van der Waals surface area contributed by atoms with Crippen LogP contribution in [-0.2, 0) is 6.54 Å². The van der Waals surface area contributed by atoms with Crippen LogP contribution in [0, 0.1) is 11.8 Å². The Bertz CT molecular complexity index is 422. The topological polar surface area (TPSA) is 94.3 Å². The molecule has 0 saturated carbocycles. The molecule has 0 saturated heterocycles. The van der Waals surface area contributed by atoms with Gasteiger partial charge in [-0.1, -0.05) is 27.7 Å². The molecule has 18 heavy (non-hydrogen) atoms. The van der Waals surface area contributed by atoms with Crippen molar-refractivity contribution in [2.75, 3.05) is 0 Å². The van der Waals surface area contributed by atoms with E-state index in [2.05, 4.69) is 5.10 Å². The number of nitrogens with zero attached hydrogens (tertiary/aromatic N) is 2. The fraction of sp³-hybridized carbons (Fsp3) is 0.833. The third-order valence-corrected chi connectivity index (χ3v) is 2.56. The van der Waals surface area contributed by atoms with Gasteiger partial charge >= 0.3 is 5.76 Å². The molecule has 0 bridgehead atoms. The van der Waals surface area contributed by atoms with Gasteiger partial charge in [-0.15, -0.1) is 5.10 Å². The highest BCUT2D eigenvalue weighted by Crippen LogP contribution is 2.17. The van der Waals surface area contributed by atoms with Gasteiger partial charge in [-0.05, 0) is 18.3 Å². The standard InChI is InChI=1S/C12H23N3O3/c1-7(2)5-9(13)10(16)11-14-15(6-8(3)4)12(17)18-11/h7-10,16H,5-6,13H2,1-4H3/t9-,10?/m0/s1. The summed E-state index contributed by atoms with van der Waals surface area (Å²) in [5.41, 5.74) is 5.85. The summed E-state index contributed by atoms with van der Waals surface area (Å²) in [5.74, 6) is 0.101. The van der Waals surface area contributed by atoms with E-state index in [1.165, 1.54) is 4.68 Å². The Labute approximate surface area is 107 Å². The first kappa shape index (κ1) is 14.9. The maximum Gasteiger partial charge on any atom is 0.437 e. The van der Waals surface area contributed by atoms with E-state index in [1.807, 2.05) is 27.7 Å². The Kier molecular flexibility index (Phi) is 5.10. The van der Waals surface area contributed by atoms with Crippen molar-refractivity contribution in [2.45, 2.75) is 52.8 Å². The van der Waals surface area contributed by atoms with E-state index in [-0.39, 0.29) is 11.8 Å². The maximum absolute atomic E-state index is 11.5. The van der Waals surface area contributed by atoms with E-state index in [4.69, 9.17) is 10.2 Å². The zero-order chi connectivity index (χ0) is 13.9. The third-order valence-electron chi connectivity index (χ3n) is 2.56. The molecule has 3 N–H and O–H groups in total. The number of aromatic nitrogens is 2. The van der Waals surface area contributed by atoms with Crippen LogP contribution in [0.5, 0.6) is 0 Å². The Morgan fingerprint density at radius 1 is 1.33 bits per heavy atom. The molecule has 1 rings (SSSR count). The summed E-state index contributed by atoms with van der Waals surface area (Å²) < 4.78 is 6.17. The Hall–Kier alpha value is -1.14. The fourth-order valence-corrected chi connectivity index (χ4v) is 1.76. The van der Waals surface area contributed by atoms with E-state index in [9.17, 15) is 9.90 Å². The van der Waals surface area contributed by atoms with Crippen molar-refractivity contribution in [2.24, 2.45) is 17.6 Å². The van der Waals surface area contributed by atoms with Crippen LogP contribution in [0.15, 0.2) is 9.21 Å². The van der Waals surface area contributed by atoms with Crippen molar-refractivity contribution >= 4 is 0 Å². The van der Waals surface area contributed by atoms with Crippen LogP contribution < -0.4 is 11.5 Å². The molecule has 6 nitrogen and oxygen atoms in total. The van der Waals surface area contributed by atoms with Crippen molar-refractivity contribution in [3.63, 3.8) is 0 Å². The van der Waals surface area contributed by atoms with Crippen LogP contribution in [0.1, 0.15) is 46.1 Å². The van der Waals surface area contributed by atoms with Crippen LogP contribution in [0.4, 0.5) is 0 Å². The molecule has 1 aromatic rings. The summed E-state index contributed by atoms with van der Waals surface area (Å²) in [6.45, 7) is 8.44. The lowest BCUT2D eigenvalue weighted by atomic mass is 10.0. The molecule has 0 fully saturated rings. The molecular weight excluding hydrogens is 234 g/mol. The van der Waals surface area contributed by atoms with Crippen molar-refractivity contribution in [1.29, 1.82) is 0 Å². The third kappa shape index (κ3) is 3.96. The second-order valence-electron chi connectivity index (χ2n) is 5.52. The Balaban J connectivity index is 2.80. The van der Waals surface area contributed by atoms with Gasteiger partial charge in [-0.3, -0.25) is 0 Å². The average molecular weight is 257 g/mol. The van der Waals surface area contributed by atoms with Crippen molar-refractivity contribution in [3.05, 3.63) is 16.4 Å². The highest BCUT2D eigenvalue weighted by atomic mass is 16.4. The van der Waals surface area contributed by atoms with Crippen molar-refractivity contribution in [3.8, 4) is 0 Å². The number of aliphatic hydroxyl groups is 1. The molecular formula is C12H23N3O3. The first-order chi connectivity index (χ1) is 8.31. The lowest BCUT2D eigenvalue weighted by Crippen LogP contribution is -2.30. The average Bonchev–Trinajstić information content (AvgIpc) is 2.57. The summed E-state index contributed by atoms with van der Waals surface area (Å²) in [5, 5.41) is 14.0. The SMILES string of the molecule is CC(C)C[C@H](N)C(O)c1nn(CC(C)C)c(=O)o1. The summed E-state index contributed by atoms with van der Waals surface area (Å²) in [7, 11) is 0. The van der Waals surface area contributed by atoms with Gasteiger partial charge < -0.3 is 15.3 Å². The molecule has 104 valence electrons. The predicted octanol–water partition coefficient (Wildman–Crippen LogP) is 0.899.